The van der Waals surface area contributed by atoms with Gasteiger partial charge in [-0.2, -0.15) is 0 Å². The van der Waals surface area contributed by atoms with E-state index in [1.165, 1.54) is 20.3 Å². The summed E-state index contributed by atoms with van der Waals surface area (Å²) in [5, 5.41) is 0. The molecule has 0 spiro atoms. The topological polar surface area (TPSA) is 69.7 Å². The zero-order chi connectivity index (χ0) is 13.3. The summed E-state index contributed by atoms with van der Waals surface area (Å²) in [6.07, 6.45) is 2.39. The van der Waals surface area contributed by atoms with Gasteiger partial charge in [-0.15, -0.1) is 0 Å². The number of ketones is 1. The first kappa shape index (κ1) is 15.3. The van der Waals surface area contributed by atoms with E-state index < -0.39 is 5.97 Å². The van der Waals surface area contributed by atoms with Gasteiger partial charge in [0.05, 0.1) is 20.6 Å². The lowest BCUT2D eigenvalue weighted by atomic mass is 10.1. The van der Waals surface area contributed by atoms with Crippen LogP contribution in [0.3, 0.4) is 0 Å². The van der Waals surface area contributed by atoms with Gasteiger partial charge in [-0.3, -0.25) is 14.4 Å². The number of carbonyl (C=O) groups excluding carboxylic acids is 3. The van der Waals surface area contributed by atoms with Gasteiger partial charge in [-0.25, -0.2) is 0 Å². The molecule has 0 aliphatic carbocycles. The van der Waals surface area contributed by atoms with Crippen LogP contribution in [0.2, 0.25) is 0 Å². The summed E-state index contributed by atoms with van der Waals surface area (Å²) >= 11 is 0. The largest absolute Gasteiger partial charge is 0.469 e. The van der Waals surface area contributed by atoms with Gasteiger partial charge < -0.3 is 9.47 Å². The van der Waals surface area contributed by atoms with Gasteiger partial charge in [-0.1, -0.05) is 5.57 Å². The van der Waals surface area contributed by atoms with Gasteiger partial charge in [0.15, 0.2) is 5.78 Å². The van der Waals surface area contributed by atoms with Crippen molar-refractivity contribution in [3.63, 3.8) is 0 Å². The molecule has 17 heavy (non-hydrogen) atoms. The molecule has 0 saturated heterocycles. The van der Waals surface area contributed by atoms with E-state index in [1.54, 1.807) is 6.92 Å². The average molecular weight is 242 g/mol. The number of hydrogen-bond donors (Lipinski definition) is 0. The number of allylic oxidation sites excluding steroid dienone is 2. The summed E-state index contributed by atoms with van der Waals surface area (Å²) in [5.74, 6) is -0.850. The Morgan fingerprint density at radius 2 is 1.35 bits per heavy atom. The van der Waals surface area contributed by atoms with Crippen molar-refractivity contribution in [1.29, 1.82) is 0 Å². The highest BCUT2D eigenvalue weighted by Gasteiger charge is 2.06. The minimum atomic E-state index is -0.404. The van der Waals surface area contributed by atoms with E-state index in [0.717, 1.165) is 5.57 Å². The van der Waals surface area contributed by atoms with Gasteiger partial charge in [0, 0.05) is 12.8 Å². The van der Waals surface area contributed by atoms with E-state index in [0.29, 0.717) is 6.42 Å². The fourth-order valence-corrected chi connectivity index (χ4v) is 1.15. The molecule has 0 aliphatic heterocycles. The van der Waals surface area contributed by atoms with Crippen LogP contribution in [0.4, 0.5) is 0 Å². The Morgan fingerprint density at radius 1 is 0.882 bits per heavy atom. The normalized spacial score (nSPS) is 10.9. The lowest BCUT2D eigenvalue weighted by molar-refractivity contribution is -0.141. The maximum atomic E-state index is 11.4. The third kappa shape index (κ3) is 8.19. The second kappa shape index (κ2) is 8.50. The molecule has 0 aliphatic rings. The van der Waals surface area contributed by atoms with Crippen LogP contribution in [0, 0.1) is 0 Å². The summed E-state index contributed by atoms with van der Waals surface area (Å²) in [5.41, 5.74) is 0.797. The molecule has 0 atom stereocenters. The van der Waals surface area contributed by atoms with E-state index >= 15 is 0 Å². The molecular formula is C12H18O5. The van der Waals surface area contributed by atoms with Crippen LogP contribution in [0.5, 0.6) is 0 Å². The van der Waals surface area contributed by atoms with Gasteiger partial charge in [0.2, 0.25) is 0 Å². The molecule has 0 heterocycles. The van der Waals surface area contributed by atoms with Crippen molar-refractivity contribution in [3.05, 3.63) is 11.6 Å². The Labute approximate surface area is 101 Å². The van der Waals surface area contributed by atoms with Gasteiger partial charge >= 0.3 is 11.9 Å². The molecule has 0 rings (SSSR count). The third-order valence-electron chi connectivity index (χ3n) is 2.16. The smallest absolute Gasteiger partial charge is 0.305 e. The fourth-order valence-electron chi connectivity index (χ4n) is 1.15. The highest BCUT2D eigenvalue weighted by Crippen LogP contribution is 2.06. The standard InChI is InChI=1S/C12H18O5/c1-9(4-6-11(14)16-2)8-10(13)5-7-12(15)17-3/h8H,4-7H2,1-3H3/b9-8+. The molecule has 96 valence electrons. The second-order valence-corrected chi connectivity index (χ2v) is 3.61. The van der Waals surface area contributed by atoms with Gasteiger partial charge in [0.1, 0.15) is 0 Å². The molecule has 0 aromatic carbocycles. The van der Waals surface area contributed by atoms with Crippen molar-refractivity contribution in [2.45, 2.75) is 32.6 Å². The predicted molar refractivity (Wildman–Crippen MR) is 61.3 cm³/mol. The Hall–Kier alpha value is -1.65. The van der Waals surface area contributed by atoms with Crippen molar-refractivity contribution >= 4 is 17.7 Å². The minimum Gasteiger partial charge on any atom is -0.469 e. The average Bonchev–Trinajstić information content (AvgIpc) is 2.32. The molecular weight excluding hydrogens is 224 g/mol. The van der Waals surface area contributed by atoms with E-state index in [4.69, 9.17) is 0 Å². The SMILES string of the molecule is COC(=O)CCC(=O)/C=C(\C)CCC(=O)OC. The van der Waals surface area contributed by atoms with Crippen molar-refractivity contribution in [3.8, 4) is 0 Å². The summed E-state index contributed by atoms with van der Waals surface area (Å²) in [4.78, 5) is 33.0. The first-order valence-corrected chi connectivity index (χ1v) is 5.33. The summed E-state index contributed by atoms with van der Waals surface area (Å²) in [6, 6.07) is 0. The maximum absolute atomic E-state index is 11.4. The Kier molecular flexibility index (Phi) is 7.67. The number of ether oxygens (including phenoxy) is 2. The van der Waals surface area contributed by atoms with Crippen LogP contribution in [-0.2, 0) is 23.9 Å². The summed E-state index contributed by atoms with van der Waals surface area (Å²) in [6.45, 7) is 1.76. The molecule has 0 N–H and O–H groups in total. The molecule has 0 aromatic rings. The lowest BCUT2D eigenvalue weighted by Gasteiger charge is -2.00. The second-order valence-electron chi connectivity index (χ2n) is 3.61. The first-order chi connectivity index (χ1) is 7.99. The first-order valence-electron chi connectivity index (χ1n) is 5.33. The number of carbonyl (C=O) groups is 3. The monoisotopic (exact) mass is 242 g/mol. The summed E-state index contributed by atoms with van der Waals surface area (Å²) < 4.78 is 8.91. The van der Waals surface area contributed by atoms with Crippen LogP contribution in [0.25, 0.3) is 0 Å². The van der Waals surface area contributed by atoms with Crippen LogP contribution < -0.4 is 0 Å². The minimum absolute atomic E-state index is 0.0795. The van der Waals surface area contributed by atoms with E-state index in [1.807, 2.05) is 0 Å². The van der Waals surface area contributed by atoms with Gasteiger partial charge in [0.25, 0.3) is 0 Å². The number of methoxy groups -OCH3 is 2. The highest BCUT2D eigenvalue weighted by molar-refractivity contribution is 5.92. The Balaban J connectivity index is 3.98. The Morgan fingerprint density at radius 3 is 1.82 bits per heavy atom. The van der Waals surface area contributed by atoms with E-state index in [-0.39, 0.29) is 31.0 Å². The lowest BCUT2D eigenvalue weighted by Crippen LogP contribution is -2.04. The van der Waals surface area contributed by atoms with Crippen molar-refractivity contribution in [2.75, 3.05) is 14.2 Å². The number of hydrogen-bond acceptors (Lipinski definition) is 5. The molecule has 5 nitrogen and oxygen atoms in total. The van der Waals surface area contributed by atoms with Gasteiger partial charge in [-0.05, 0) is 19.4 Å². The number of esters is 2. The quantitative estimate of drug-likeness (QED) is 0.498. The fraction of sp³-hybridized carbons (Fsp3) is 0.583. The van der Waals surface area contributed by atoms with Crippen LogP contribution in [0.1, 0.15) is 32.6 Å². The molecule has 0 aromatic heterocycles. The summed E-state index contributed by atoms with van der Waals surface area (Å²) in [7, 11) is 2.60. The molecule has 0 saturated carbocycles. The van der Waals surface area contributed by atoms with Crippen LogP contribution in [-0.4, -0.2) is 31.9 Å². The van der Waals surface area contributed by atoms with Crippen molar-refractivity contribution in [1.82, 2.24) is 0 Å². The number of rotatable bonds is 7. The molecule has 0 bridgehead atoms. The zero-order valence-corrected chi connectivity index (χ0v) is 10.4. The zero-order valence-electron chi connectivity index (χ0n) is 10.4. The molecule has 5 heteroatoms. The maximum Gasteiger partial charge on any atom is 0.305 e. The Bertz CT molecular complexity index is 317. The van der Waals surface area contributed by atoms with Crippen molar-refractivity contribution < 1.29 is 23.9 Å². The molecule has 0 unspecified atom stereocenters. The van der Waals surface area contributed by atoms with E-state index in [2.05, 4.69) is 9.47 Å². The highest BCUT2D eigenvalue weighted by atomic mass is 16.5. The predicted octanol–water partition coefficient (Wildman–Crippen LogP) is 1.41. The van der Waals surface area contributed by atoms with Crippen molar-refractivity contribution in [2.24, 2.45) is 0 Å². The third-order valence-corrected chi connectivity index (χ3v) is 2.16. The molecule has 0 radical (unpaired) electrons. The van der Waals surface area contributed by atoms with Crippen LogP contribution >= 0.6 is 0 Å². The van der Waals surface area contributed by atoms with Crippen LogP contribution in [0.15, 0.2) is 11.6 Å². The molecule has 0 fully saturated rings. The molecule has 0 amide bonds. The van der Waals surface area contributed by atoms with E-state index in [9.17, 15) is 14.4 Å².